The number of amides is 1. The SMILES string of the molecule is O=C(Nc1cc(Cl)nc(Cl)n1)C1Cc2ccccc21. The van der Waals surface area contributed by atoms with Crippen LogP contribution >= 0.6 is 23.2 Å². The van der Waals surface area contributed by atoms with Crippen molar-refractivity contribution < 1.29 is 4.79 Å². The molecular weight excluding hydrogens is 285 g/mol. The van der Waals surface area contributed by atoms with E-state index < -0.39 is 0 Å². The van der Waals surface area contributed by atoms with Crippen molar-refractivity contribution in [2.45, 2.75) is 12.3 Å². The van der Waals surface area contributed by atoms with E-state index in [4.69, 9.17) is 23.2 Å². The summed E-state index contributed by atoms with van der Waals surface area (Å²) < 4.78 is 0. The van der Waals surface area contributed by atoms with Gasteiger partial charge in [-0.3, -0.25) is 4.79 Å². The third-order valence-corrected chi connectivity index (χ3v) is 3.45. The van der Waals surface area contributed by atoms with Crippen molar-refractivity contribution in [2.75, 3.05) is 5.32 Å². The fraction of sp³-hybridized carbons (Fsp3) is 0.154. The van der Waals surface area contributed by atoms with Gasteiger partial charge in [0.1, 0.15) is 11.0 Å². The van der Waals surface area contributed by atoms with E-state index in [1.165, 1.54) is 11.6 Å². The van der Waals surface area contributed by atoms with Crippen LogP contribution in [0.4, 0.5) is 5.82 Å². The smallest absolute Gasteiger partial charge is 0.233 e. The minimum Gasteiger partial charge on any atom is -0.310 e. The number of hydrogen-bond donors (Lipinski definition) is 1. The molecule has 2 aromatic rings. The standard InChI is InChI=1S/C13H9Cl2N3O/c14-10-6-11(18-13(15)16-10)17-12(19)9-5-7-3-1-2-4-8(7)9/h1-4,6,9H,5H2,(H,16,17,18,19). The lowest BCUT2D eigenvalue weighted by Gasteiger charge is -2.28. The maximum Gasteiger partial charge on any atom is 0.233 e. The van der Waals surface area contributed by atoms with Gasteiger partial charge in [0, 0.05) is 6.07 Å². The summed E-state index contributed by atoms with van der Waals surface area (Å²) in [4.78, 5) is 19.8. The number of benzene rings is 1. The number of nitrogens with zero attached hydrogens (tertiary/aromatic N) is 2. The summed E-state index contributed by atoms with van der Waals surface area (Å²) >= 11 is 11.4. The van der Waals surface area contributed by atoms with Crippen molar-refractivity contribution in [1.29, 1.82) is 0 Å². The molecule has 3 rings (SSSR count). The van der Waals surface area contributed by atoms with Crippen LogP contribution in [0.15, 0.2) is 30.3 Å². The Morgan fingerprint density at radius 3 is 2.79 bits per heavy atom. The van der Waals surface area contributed by atoms with E-state index in [1.54, 1.807) is 0 Å². The van der Waals surface area contributed by atoms with Crippen molar-refractivity contribution >= 4 is 34.9 Å². The van der Waals surface area contributed by atoms with Gasteiger partial charge in [-0.25, -0.2) is 9.97 Å². The summed E-state index contributed by atoms with van der Waals surface area (Å²) in [6.45, 7) is 0. The van der Waals surface area contributed by atoms with Gasteiger partial charge >= 0.3 is 0 Å². The topological polar surface area (TPSA) is 54.9 Å². The minimum absolute atomic E-state index is 0.0109. The highest BCUT2D eigenvalue weighted by Gasteiger charge is 2.31. The first-order chi connectivity index (χ1) is 9.13. The zero-order valence-electron chi connectivity index (χ0n) is 9.73. The van der Waals surface area contributed by atoms with Gasteiger partial charge in [-0.15, -0.1) is 0 Å². The Hall–Kier alpha value is -1.65. The summed E-state index contributed by atoms with van der Waals surface area (Å²) in [5.74, 6) is 0.0765. The first kappa shape index (κ1) is 12.4. The highest BCUT2D eigenvalue weighted by molar-refractivity contribution is 6.32. The molecule has 1 atom stereocenters. The molecule has 0 radical (unpaired) electrons. The van der Waals surface area contributed by atoms with Gasteiger partial charge in [-0.2, -0.15) is 0 Å². The van der Waals surface area contributed by atoms with Crippen LogP contribution in [0.2, 0.25) is 10.4 Å². The predicted octanol–water partition coefficient (Wildman–Crippen LogP) is 3.06. The van der Waals surface area contributed by atoms with E-state index in [0.717, 1.165) is 12.0 Å². The highest BCUT2D eigenvalue weighted by atomic mass is 35.5. The van der Waals surface area contributed by atoms with E-state index >= 15 is 0 Å². The molecule has 1 amide bonds. The van der Waals surface area contributed by atoms with Gasteiger partial charge in [-0.1, -0.05) is 35.9 Å². The molecule has 96 valence electrons. The lowest BCUT2D eigenvalue weighted by atomic mass is 9.77. The highest BCUT2D eigenvalue weighted by Crippen LogP contribution is 2.35. The molecule has 1 aromatic carbocycles. The van der Waals surface area contributed by atoms with Gasteiger partial charge in [0.25, 0.3) is 0 Å². The predicted molar refractivity (Wildman–Crippen MR) is 73.6 cm³/mol. The summed E-state index contributed by atoms with van der Waals surface area (Å²) in [5.41, 5.74) is 2.27. The number of nitrogens with one attached hydrogen (secondary N) is 1. The number of halogens is 2. The normalized spacial score (nSPS) is 16.4. The molecule has 1 aliphatic rings. The number of fused-ring (bicyclic) bond motifs is 1. The van der Waals surface area contributed by atoms with Crippen LogP contribution < -0.4 is 5.32 Å². The zero-order valence-corrected chi connectivity index (χ0v) is 11.2. The lowest BCUT2D eigenvalue weighted by molar-refractivity contribution is -0.118. The molecule has 0 saturated carbocycles. The van der Waals surface area contributed by atoms with Crippen LogP contribution in [0.25, 0.3) is 0 Å². The first-order valence-electron chi connectivity index (χ1n) is 5.72. The van der Waals surface area contributed by atoms with Crippen molar-refractivity contribution in [3.05, 3.63) is 51.9 Å². The second kappa shape index (κ2) is 4.79. The number of carbonyl (C=O) groups excluding carboxylic acids is 1. The number of hydrogen-bond acceptors (Lipinski definition) is 3. The second-order valence-corrected chi connectivity index (χ2v) is 5.02. The molecule has 1 heterocycles. The summed E-state index contributed by atoms with van der Waals surface area (Å²) in [5, 5.41) is 2.92. The van der Waals surface area contributed by atoms with Crippen molar-refractivity contribution in [2.24, 2.45) is 0 Å². The zero-order chi connectivity index (χ0) is 13.4. The molecule has 6 heteroatoms. The van der Waals surface area contributed by atoms with Gasteiger partial charge in [-0.05, 0) is 29.1 Å². The Labute approximate surface area is 119 Å². The second-order valence-electron chi connectivity index (χ2n) is 4.29. The van der Waals surface area contributed by atoms with Gasteiger partial charge < -0.3 is 5.32 Å². The van der Waals surface area contributed by atoms with Gasteiger partial charge in [0.15, 0.2) is 0 Å². The summed E-state index contributed by atoms with van der Waals surface area (Å²) in [6, 6.07) is 9.35. The van der Waals surface area contributed by atoms with Crippen LogP contribution in [0, 0.1) is 0 Å². The number of aromatic nitrogens is 2. The molecule has 1 aromatic heterocycles. The molecule has 1 aliphatic carbocycles. The molecule has 4 nitrogen and oxygen atoms in total. The van der Waals surface area contributed by atoms with Gasteiger partial charge in [0.05, 0.1) is 5.92 Å². The molecule has 1 N–H and O–H groups in total. The molecule has 19 heavy (non-hydrogen) atoms. The third kappa shape index (κ3) is 2.41. The molecule has 0 aliphatic heterocycles. The van der Waals surface area contributed by atoms with Crippen LogP contribution in [0.3, 0.4) is 0 Å². The largest absolute Gasteiger partial charge is 0.310 e. The Kier molecular flexibility index (Phi) is 3.12. The third-order valence-electron chi connectivity index (χ3n) is 3.09. The van der Waals surface area contributed by atoms with Crippen molar-refractivity contribution in [1.82, 2.24) is 9.97 Å². The maximum absolute atomic E-state index is 12.1. The number of anilines is 1. The Morgan fingerprint density at radius 2 is 2.05 bits per heavy atom. The summed E-state index contributed by atoms with van der Waals surface area (Å²) in [7, 11) is 0. The quantitative estimate of drug-likeness (QED) is 0.684. The van der Waals surface area contributed by atoms with E-state index in [9.17, 15) is 4.79 Å². The molecule has 0 saturated heterocycles. The Morgan fingerprint density at radius 1 is 1.26 bits per heavy atom. The van der Waals surface area contributed by atoms with E-state index in [0.29, 0.717) is 5.82 Å². The van der Waals surface area contributed by atoms with Crippen LogP contribution in [-0.2, 0) is 11.2 Å². The Balaban J connectivity index is 1.77. The molecule has 0 spiro atoms. The Bertz CT molecular complexity index is 640. The van der Waals surface area contributed by atoms with Crippen LogP contribution in [-0.4, -0.2) is 15.9 Å². The molecule has 1 unspecified atom stereocenters. The fourth-order valence-electron chi connectivity index (χ4n) is 2.16. The fourth-order valence-corrected chi connectivity index (χ4v) is 2.57. The number of rotatable bonds is 2. The minimum atomic E-state index is -0.135. The monoisotopic (exact) mass is 293 g/mol. The maximum atomic E-state index is 12.1. The van der Waals surface area contributed by atoms with Crippen molar-refractivity contribution in [3.63, 3.8) is 0 Å². The van der Waals surface area contributed by atoms with E-state index in [1.807, 2.05) is 24.3 Å². The molecule has 0 fully saturated rings. The van der Waals surface area contributed by atoms with Crippen molar-refractivity contribution in [3.8, 4) is 0 Å². The average molecular weight is 294 g/mol. The first-order valence-corrected chi connectivity index (χ1v) is 6.48. The lowest BCUT2D eigenvalue weighted by Crippen LogP contribution is -2.30. The van der Waals surface area contributed by atoms with Crippen LogP contribution in [0.1, 0.15) is 17.0 Å². The van der Waals surface area contributed by atoms with Crippen LogP contribution in [0.5, 0.6) is 0 Å². The van der Waals surface area contributed by atoms with E-state index in [-0.39, 0.29) is 22.3 Å². The van der Waals surface area contributed by atoms with E-state index in [2.05, 4.69) is 15.3 Å². The average Bonchev–Trinajstić information content (AvgIpc) is 2.29. The number of carbonyl (C=O) groups is 1. The summed E-state index contributed by atoms with van der Waals surface area (Å²) in [6.07, 6.45) is 0.745. The molecule has 0 bridgehead atoms. The molecular formula is C13H9Cl2N3O. The van der Waals surface area contributed by atoms with Gasteiger partial charge in [0.2, 0.25) is 11.2 Å².